The zero-order valence-corrected chi connectivity index (χ0v) is 23.5. The van der Waals surface area contributed by atoms with Crippen LogP contribution in [-0.2, 0) is 4.74 Å². The standard InChI is InChI=1S/C16H30N2O2.C11H22N2.ClH/c1-13-5-8-17(11-13)12-14-6-9-18(10-7-14)15(19)20-16(2,3)4;1-10-4-7-13(8-10)9-11-2-5-12-6-3-11;/h13-14H,5-12H2,1-4H3;10-12H,2-9H2,1H3;1H/t13-;10-;/m11./s1. The molecule has 0 aromatic heterocycles. The van der Waals surface area contributed by atoms with Crippen molar-refractivity contribution in [3.8, 4) is 0 Å². The lowest BCUT2D eigenvalue weighted by molar-refractivity contribution is 0.0172. The SMILES string of the molecule is C[C@@H]1CCN(CC2CCN(C(=O)OC(C)(C)C)CC2)C1.C[C@@H]1CCN(CC2CCNCC2)C1.Cl. The van der Waals surface area contributed by atoms with E-state index < -0.39 is 0 Å². The van der Waals surface area contributed by atoms with Crippen molar-refractivity contribution in [3.05, 3.63) is 0 Å². The summed E-state index contributed by atoms with van der Waals surface area (Å²) in [5.74, 6) is 3.53. The maximum atomic E-state index is 12.0. The van der Waals surface area contributed by atoms with E-state index in [0.29, 0.717) is 0 Å². The van der Waals surface area contributed by atoms with Gasteiger partial charge in [-0.25, -0.2) is 4.79 Å². The molecule has 4 saturated heterocycles. The third-order valence-electron chi connectivity index (χ3n) is 7.77. The van der Waals surface area contributed by atoms with Gasteiger partial charge in [0.2, 0.25) is 0 Å². The zero-order valence-electron chi connectivity index (χ0n) is 22.7. The lowest BCUT2D eigenvalue weighted by Crippen LogP contribution is -2.43. The Bertz CT molecular complexity index is 583. The highest BCUT2D eigenvalue weighted by Gasteiger charge is 2.29. The number of nitrogens with one attached hydrogen (secondary N) is 1. The van der Waals surface area contributed by atoms with Gasteiger partial charge in [0, 0.05) is 39.3 Å². The number of hydrogen-bond acceptors (Lipinski definition) is 5. The summed E-state index contributed by atoms with van der Waals surface area (Å²) in [6, 6.07) is 0. The van der Waals surface area contributed by atoms with Crippen molar-refractivity contribution in [1.82, 2.24) is 20.0 Å². The third kappa shape index (κ3) is 10.6. The molecule has 4 heterocycles. The van der Waals surface area contributed by atoms with E-state index in [-0.39, 0.29) is 24.1 Å². The Morgan fingerprint density at radius 1 is 0.794 bits per heavy atom. The van der Waals surface area contributed by atoms with E-state index in [2.05, 4.69) is 29.0 Å². The Kier molecular flexibility index (Phi) is 12.4. The fraction of sp³-hybridized carbons (Fsp3) is 0.963. The normalized spacial score (nSPS) is 27.7. The highest BCUT2D eigenvalue weighted by atomic mass is 35.5. The van der Waals surface area contributed by atoms with Crippen LogP contribution in [0.1, 0.15) is 73.1 Å². The van der Waals surface area contributed by atoms with Gasteiger partial charge >= 0.3 is 6.09 Å². The molecule has 0 spiro atoms. The predicted molar refractivity (Wildman–Crippen MR) is 144 cm³/mol. The van der Waals surface area contributed by atoms with Gasteiger partial charge in [0.05, 0.1) is 0 Å². The lowest BCUT2D eigenvalue weighted by Gasteiger charge is -2.34. The summed E-state index contributed by atoms with van der Waals surface area (Å²) in [5.41, 5.74) is -0.389. The molecule has 4 fully saturated rings. The number of hydrogen-bond donors (Lipinski definition) is 1. The van der Waals surface area contributed by atoms with Gasteiger partial charge in [-0.2, -0.15) is 0 Å². The molecule has 0 bridgehead atoms. The van der Waals surface area contributed by atoms with E-state index in [1.54, 1.807) is 0 Å². The first-order valence-corrected chi connectivity index (χ1v) is 13.8. The van der Waals surface area contributed by atoms with E-state index in [1.807, 2.05) is 25.7 Å². The second kappa shape index (κ2) is 14.2. The van der Waals surface area contributed by atoms with Crippen LogP contribution in [0.2, 0.25) is 0 Å². The first-order chi connectivity index (χ1) is 15.7. The van der Waals surface area contributed by atoms with E-state index in [4.69, 9.17) is 4.74 Å². The number of ether oxygens (including phenoxy) is 1. The number of likely N-dealkylation sites (tertiary alicyclic amines) is 3. The van der Waals surface area contributed by atoms with Gasteiger partial charge in [0.1, 0.15) is 5.60 Å². The summed E-state index contributed by atoms with van der Waals surface area (Å²) in [5, 5.41) is 3.43. The van der Waals surface area contributed by atoms with Crippen LogP contribution in [0.5, 0.6) is 0 Å². The highest BCUT2D eigenvalue weighted by molar-refractivity contribution is 5.85. The van der Waals surface area contributed by atoms with Crippen LogP contribution in [0.15, 0.2) is 0 Å². The van der Waals surface area contributed by atoms with Crippen molar-refractivity contribution < 1.29 is 9.53 Å². The Balaban J connectivity index is 0.000000253. The molecule has 0 radical (unpaired) electrons. The molecular weight excluding hydrogens is 448 g/mol. The van der Waals surface area contributed by atoms with Gasteiger partial charge < -0.3 is 24.8 Å². The molecule has 4 aliphatic rings. The molecule has 34 heavy (non-hydrogen) atoms. The molecule has 2 atom stereocenters. The number of carbonyl (C=O) groups excluding carboxylic acids is 1. The van der Waals surface area contributed by atoms with Crippen LogP contribution in [0, 0.1) is 23.7 Å². The molecule has 0 aliphatic carbocycles. The van der Waals surface area contributed by atoms with E-state index in [9.17, 15) is 4.79 Å². The quantitative estimate of drug-likeness (QED) is 0.605. The average Bonchev–Trinajstić information content (AvgIpc) is 3.36. The fourth-order valence-electron chi connectivity index (χ4n) is 5.80. The molecule has 1 amide bonds. The number of amides is 1. The van der Waals surface area contributed by atoms with Crippen molar-refractivity contribution in [3.63, 3.8) is 0 Å². The summed E-state index contributed by atoms with van der Waals surface area (Å²) in [6.07, 6.45) is 7.64. The molecule has 1 N–H and O–H groups in total. The van der Waals surface area contributed by atoms with Crippen LogP contribution in [0.4, 0.5) is 4.79 Å². The number of carbonyl (C=O) groups is 1. The van der Waals surface area contributed by atoms with Gasteiger partial charge in [-0.1, -0.05) is 13.8 Å². The molecule has 0 unspecified atom stereocenters. The van der Waals surface area contributed by atoms with Crippen molar-refractivity contribution in [2.45, 2.75) is 78.7 Å². The summed E-state index contributed by atoms with van der Waals surface area (Å²) in [6.45, 7) is 22.5. The second-order valence-electron chi connectivity index (χ2n) is 12.4. The van der Waals surface area contributed by atoms with E-state index in [1.165, 1.54) is 78.0 Å². The molecule has 4 rings (SSSR count). The van der Waals surface area contributed by atoms with Gasteiger partial charge in [-0.15, -0.1) is 12.4 Å². The summed E-state index contributed by atoms with van der Waals surface area (Å²) in [4.78, 5) is 19.1. The van der Waals surface area contributed by atoms with Crippen LogP contribution in [-0.4, -0.2) is 91.8 Å². The molecule has 0 aromatic rings. The van der Waals surface area contributed by atoms with Gasteiger partial charge in [-0.05, 0) is 109 Å². The second-order valence-corrected chi connectivity index (χ2v) is 12.4. The Morgan fingerprint density at radius 3 is 1.68 bits per heavy atom. The first kappa shape index (κ1) is 29.7. The number of halogens is 1. The minimum Gasteiger partial charge on any atom is -0.444 e. The largest absolute Gasteiger partial charge is 0.444 e. The van der Waals surface area contributed by atoms with Gasteiger partial charge in [-0.3, -0.25) is 0 Å². The topological polar surface area (TPSA) is 48.1 Å². The lowest BCUT2D eigenvalue weighted by atomic mass is 9.96. The minimum absolute atomic E-state index is 0. The maximum absolute atomic E-state index is 12.0. The smallest absolute Gasteiger partial charge is 0.410 e. The Hall–Kier alpha value is -0.560. The number of nitrogens with zero attached hydrogens (tertiary/aromatic N) is 3. The highest BCUT2D eigenvalue weighted by Crippen LogP contribution is 2.24. The molecule has 7 heteroatoms. The van der Waals surface area contributed by atoms with E-state index >= 15 is 0 Å². The first-order valence-electron chi connectivity index (χ1n) is 13.8. The van der Waals surface area contributed by atoms with Crippen LogP contribution in [0.25, 0.3) is 0 Å². The summed E-state index contributed by atoms with van der Waals surface area (Å²) < 4.78 is 5.44. The van der Waals surface area contributed by atoms with Crippen molar-refractivity contribution >= 4 is 18.5 Å². The molecule has 0 saturated carbocycles. The fourth-order valence-corrected chi connectivity index (χ4v) is 5.80. The molecule has 4 aliphatic heterocycles. The van der Waals surface area contributed by atoms with Crippen LogP contribution < -0.4 is 5.32 Å². The van der Waals surface area contributed by atoms with Crippen molar-refractivity contribution in [1.29, 1.82) is 0 Å². The summed E-state index contributed by atoms with van der Waals surface area (Å²) in [7, 11) is 0. The molecule has 0 aromatic carbocycles. The Morgan fingerprint density at radius 2 is 1.26 bits per heavy atom. The van der Waals surface area contributed by atoms with Crippen molar-refractivity contribution in [2.24, 2.45) is 23.7 Å². The van der Waals surface area contributed by atoms with Crippen LogP contribution >= 0.6 is 12.4 Å². The van der Waals surface area contributed by atoms with Gasteiger partial charge in [0.25, 0.3) is 0 Å². The Labute approximate surface area is 215 Å². The molecule has 6 nitrogen and oxygen atoms in total. The number of piperidine rings is 2. The minimum atomic E-state index is -0.389. The monoisotopic (exact) mass is 500 g/mol. The van der Waals surface area contributed by atoms with E-state index in [0.717, 1.165) is 49.6 Å². The van der Waals surface area contributed by atoms with Crippen molar-refractivity contribution in [2.75, 3.05) is 65.4 Å². The number of rotatable bonds is 4. The third-order valence-corrected chi connectivity index (χ3v) is 7.77. The molecular formula is C27H53ClN4O2. The zero-order chi connectivity index (χ0) is 23.8. The van der Waals surface area contributed by atoms with Crippen LogP contribution in [0.3, 0.4) is 0 Å². The predicted octanol–water partition coefficient (Wildman–Crippen LogP) is 4.72. The maximum Gasteiger partial charge on any atom is 0.410 e. The van der Waals surface area contributed by atoms with Gasteiger partial charge in [0.15, 0.2) is 0 Å². The summed E-state index contributed by atoms with van der Waals surface area (Å²) >= 11 is 0. The average molecular weight is 501 g/mol. The molecule has 200 valence electrons.